The van der Waals surface area contributed by atoms with Gasteiger partial charge in [-0.2, -0.15) is 0 Å². The van der Waals surface area contributed by atoms with E-state index in [0.29, 0.717) is 5.89 Å². The second kappa shape index (κ2) is 7.91. The minimum absolute atomic E-state index is 0.0894. The van der Waals surface area contributed by atoms with Crippen molar-refractivity contribution in [3.8, 4) is 11.5 Å². The molecule has 0 aliphatic rings. The summed E-state index contributed by atoms with van der Waals surface area (Å²) in [5.74, 6) is -0.128. The van der Waals surface area contributed by atoms with Crippen molar-refractivity contribution in [2.45, 2.75) is 17.9 Å². The number of hydrogen-bond acceptors (Lipinski definition) is 7. The van der Waals surface area contributed by atoms with Crippen molar-refractivity contribution in [1.82, 2.24) is 14.5 Å². The normalized spacial score (nSPS) is 12.7. The van der Waals surface area contributed by atoms with Gasteiger partial charge in [0, 0.05) is 19.7 Å². The third-order valence-corrected chi connectivity index (χ3v) is 5.79. The van der Waals surface area contributed by atoms with Crippen LogP contribution in [0, 0.1) is 0 Å². The van der Waals surface area contributed by atoms with E-state index in [9.17, 15) is 13.2 Å². The van der Waals surface area contributed by atoms with Gasteiger partial charge in [-0.1, -0.05) is 18.2 Å². The summed E-state index contributed by atoms with van der Waals surface area (Å²) in [5, 5.41) is 7.89. The molecule has 0 N–H and O–H groups in total. The van der Waals surface area contributed by atoms with Gasteiger partial charge in [0.2, 0.25) is 15.9 Å². The first kappa shape index (κ1) is 19.7. The molecule has 3 rings (SSSR count). The van der Waals surface area contributed by atoms with E-state index in [1.807, 2.05) is 30.3 Å². The number of benzene rings is 2. The maximum Gasteiger partial charge on any atom is 0.338 e. The molecular weight excluding hydrogens is 382 g/mol. The molecule has 8 nitrogen and oxygen atoms in total. The Kier molecular flexibility index (Phi) is 5.57. The Labute approximate surface area is 162 Å². The van der Waals surface area contributed by atoms with Gasteiger partial charge in [-0.25, -0.2) is 17.5 Å². The molecule has 0 saturated heterocycles. The molecule has 1 aromatic heterocycles. The van der Waals surface area contributed by atoms with Crippen LogP contribution < -0.4 is 0 Å². The highest BCUT2D eigenvalue weighted by Gasteiger charge is 2.21. The Hall–Kier alpha value is -3.04. The first-order valence-electron chi connectivity index (χ1n) is 8.41. The van der Waals surface area contributed by atoms with Gasteiger partial charge in [-0.05, 0) is 43.3 Å². The van der Waals surface area contributed by atoms with Crippen LogP contribution in [0.5, 0.6) is 0 Å². The van der Waals surface area contributed by atoms with Crippen LogP contribution in [0.3, 0.4) is 0 Å². The third kappa shape index (κ3) is 4.10. The summed E-state index contributed by atoms with van der Waals surface area (Å²) in [6.07, 6.45) is -0.761. The lowest BCUT2D eigenvalue weighted by Gasteiger charge is -2.12. The predicted molar refractivity (Wildman–Crippen MR) is 101 cm³/mol. The van der Waals surface area contributed by atoms with Gasteiger partial charge in [-0.15, -0.1) is 10.2 Å². The number of hydrogen-bond donors (Lipinski definition) is 0. The Morgan fingerprint density at radius 1 is 1.04 bits per heavy atom. The minimum atomic E-state index is -3.56. The van der Waals surface area contributed by atoms with Gasteiger partial charge in [0.15, 0.2) is 6.10 Å². The number of rotatable bonds is 6. The molecule has 9 heteroatoms. The fourth-order valence-electron chi connectivity index (χ4n) is 2.35. The summed E-state index contributed by atoms with van der Waals surface area (Å²) in [4.78, 5) is 12.4. The predicted octanol–water partition coefficient (Wildman–Crippen LogP) is 2.90. The highest BCUT2D eigenvalue weighted by molar-refractivity contribution is 7.89. The van der Waals surface area contributed by atoms with Crippen LogP contribution in [0.25, 0.3) is 11.5 Å². The molecule has 2 aromatic carbocycles. The van der Waals surface area contributed by atoms with E-state index >= 15 is 0 Å². The molecule has 1 heterocycles. The van der Waals surface area contributed by atoms with Crippen LogP contribution >= 0.6 is 0 Å². The summed E-state index contributed by atoms with van der Waals surface area (Å²) in [7, 11) is -0.685. The monoisotopic (exact) mass is 401 g/mol. The fraction of sp³-hybridized carbons (Fsp3) is 0.211. The van der Waals surface area contributed by atoms with Crippen molar-refractivity contribution >= 4 is 16.0 Å². The van der Waals surface area contributed by atoms with Crippen molar-refractivity contribution in [2.24, 2.45) is 0 Å². The zero-order valence-corrected chi connectivity index (χ0v) is 16.4. The van der Waals surface area contributed by atoms with Gasteiger partial charge in [-0.3, -0.25) is 0 Å². The number of aromatic nitrogens is 2. The van der Waals surface area contributed by atoms with Gasteiger partial charge >= 0.3 is 5.97 Å². The molecule has 0 unspecified atom stereocenters. The smallest absolute Gasteiger partial charge is 0.338 e. The molecule has 0 aliphatic carbocycles. The molecule has 146 valence electrons. The second-order valence-electron chi connectivity index (χ2n) is 6.17. The maximum atomic E-state index is 12.3. The van der Waals surface area contributed by atoms with Crippen LogP contribution in [-0.4, -0.2) is 43.0 Å². The van der Waals surface area contributed by atoms with Crippen LogP contribution in [0.4, 0.5) is 0 Å². The zero-order chi connectivity index (χ0) is 20.3. The van der Waals surface area contributed by atoms with Crippen LogP contribution in [0.2, 0.25) is 0 Å². The van der Waals surface area contributed by atoms with Crippen LogP contribution in [0.15, 0.2) is 63.9 Å². The Balaban J connectivity index is 1.70. The molecule has 28 heavy (non-hydrogen) atoms. The molecule has 0 spiro atoms. The van der Waals surface area contributed by atoms with Crippen molar-refractivity contribution in [3.63, 3.8) is 0 Å². The highest BCUT2D eigenvalue weighted by atomic mass is 32.2. The first-order chi connectivity index (χ1) is 13.3. The highest BCUT2D eigenvalue weighted by Crippen LogP contribution is 2.23. The van der Waals surface area contributed by atoms with Crippen molar-refractivity contribution in [2.75, 3.05) is 14.1 Å². The fourth-order valence-corrected chi connectivity index (χ4v) is 3.25. The lowest BCUT2D eigenvalue weighted by atomic mass is 10.2. The molecule has 0 fully saturated rings. The standard InChI is InChI=1S/C19H19N3O5S/c1-13(17-20-21-18(27-17)14-7-5-4-6-8-14)26-19(23)15-9-11-16(12-10-15)28(24,25)22(2)3/h4-13H,1-3H3/t13-/m0/s1. The Morgan fingerprint density at radius 3 is 2.29 bits per heavy atom. The van der Waals surface area contributed by atoms with Crippen LogP contribution in [0.1, 0.15) is 29.3 Å². The average molecular weight is 401 g/mol. The molecule has 0 saturated carbocycles. The molecule has 0 bridgehead atoms. The number of esters is 1. The lowest BCUT2D eigenvalue weighted by Crippen LogP contribution is -2.22. The maximum absolute atomic E-state index is 12.3. The van der Waals surface area contributed by atoms with Gasteiger partial charge in [0.1, 0.15) is 0 Å². The SMILES string of the molecule is C[C@H](OC(=O)c1ccc(S(=O)(=O)N(C)C)cc1)c1nnc(-c2ccccc2)o1. The number of ether oxygens (including phenoxy) is 1. The molecule has 0 amide bonds. The average Bonchev–Trinajstić information content (AvgIpc) is 3.19. The van der Waals surface area contributed by atoms with E-state index in [1.165, 1.54) is 38.4 Å². The van der Waals surface area contributed by atoms with E-state index in [2.05, 4.69) is 10.2 Å². The molecular formula is C19H19N3O5S. The molecule has 3 aromatic rings. The third-order valence-electron chi connectivity index (χ3n) is 3.96. The van der Waals surface area contributed by atoms with Gasteiger partial charge in [0.05, 0.1) is 10.5 Å². The second-order valence-corrected chi connectivity index (χ2v) is 8.32. The van der Waals surface area contributed by atoms with E-state index in [0.717, 1.165) is 9.87 Å². The zero-order valence-electron chi connectivity index (χ0n) is 15.6. The topological polar surface area (TPSA) is 103 Å². The van der Waals surface area contributed by atoms with Gasteiger partial charge < -0.3 is 9.15 Å². The van der Waals surface area contributed by atoms with Crippen molar-refractivity contribution in [1.29, 1.82) is 0 Å². The van der Waals surface area contributed by atoms with E-state index in [1.54, 1.807) is 6.92 Å². The van der Waals surface area contributed by atoms with E-state index in [-0.39, 0.29) is 16.3 Å². The summed E-state index contributed by atoms with van der Waals surface area (Å²) in [6, 6.07) is 14.7. The molecule has 0 aliphatic heterocycles. The lowest BCUT2D eigenvalue weighted by molar-refractivity contribution is 0.0279. The first-order valence-corrected chi connectivity index (χ1v) is 9.85. The molecule has 0 radical (unpaired) electrons. The Bertz CT molecular complexity index is 1060. The quantitative estimate of drug-likeness (QED) is 0.585. The molecule has 1 atom stereocenters. The summed E-state index contributed by atoms with van der Waals surface area (Å²) < 4.78 is 36.2. The summed E-state index contributed by atoms with van der Waals surface area (Å²) >= 11 is 0. The van der Waals surface area contributed by atoms with E-state index in [4.69, 9.17) is 9.15 Å². The Morgan fingerprint density at radius 2 is 1.68 bits per heavy atom. The summed E-state index contributed by atoms with van der Waals surface area (Å²) in [5.41, 5.74) is 0.977. The number of sulfonamides is 1. The van der Waals surface area contributed by atoms with Crippen molar-refractivity contribution in [3.05, 3.63) is 66.1 Å². The summed E-state index contributed by atoms with van der Waals surface area (Å²) in [6.45, 7) is 1.62. The van der Waals surface area contributed by atoms with E-state index < -0.39 is 22.1 Å². The largest absolute Gasteiger partial charge is 0.449 e. The number of carbonyl (C=O) groups is 1. The van der Waals surface area contributed by atoms with Crippen LogP contribution in [-0.2, 0) is 14.8 Å². The minimum Gasteiger partial charge on any atom is -0.449 e. The van der Waals surface area contributed by atoms with Gasteiger partial charge in [0.25, 0.3) is 5.89 Å². The van der Waals surface area contributed by atoms with Crippen molar-refractivity contribution < 1.29 is 22.4 Å². The number of nitrogens with zero attached hydrogens (tertiary/aromatic N) is 3. The number of carbonyl (C=O) groups excluding carboxylic acids is 1.